The number of aromatic nitrogens is 3. The second-order valence-electron chi connectivity index (χ2n) is 7.68. The van der Waals surface area contributed by atoms with Crippen LogP contribution in [0.1, 0.15) is 21.7 Å². The van der Waals surface area contributed by atoms with E-state index in [1.165, 1.54) is 5.56 Å². The van der Waals surface area contributed by atoms with Gasteiger partial charge in [0.2, 0.25) is 0 Å². The molecule has 0 spiro atoms. The predicted molar refractivity (Wildman–Crippen MR) is 124 cm³/mol. The molecular weight excluding hydrogens is 408 g/mol. The largest absolute Gasteiger partial charge is 0.354 e. The van der Waals surface area contributed by atoms with Crippen molar-refractivity contribution >= 4 is 29.2 Å². The number of likely N-dealkylation sites (N-methyl/N-ethyl adjacent to an activating group) is 1. The average molecular weight is 435 g/mol. The standard InChI is InChI=1S/C23H26N6OS/c1-16-12-21(17(2)26-22(16)29-10-8-28(3)9-11-29)31-19-13-18(14-24-15-19)27-23(30)20-6-4-5-7-25-20/h4-7,12-15H,8-11H2,1-3H3,(H,27,30). The van der Waals surface area contributed by atoms with Crippen molar-refractivity contribution < 1.29 is 4.79 Å². The van der Waals surface area contributed by atoms with E-state index < -0.39 is 0 Å². The van der Waals surface area contributed by atoms with E-state index in [1.807, 2.05) is 13.0 Å². The minimum atomic E-state index is -0.255. The number of carbonyl (C=O) groups excluding carboxylic acids is 1. The number of aryl methyl sites for hydroxylation is 2. The van der Waals surface area contributed by atoms with Crippen LogP contribution in [0.3, 0.4) is 0 Å². The highest BCUT2D eigenvalue weighted by Gasteiger charge is 2.18. The maximum Gasteiger partial charge on any atom is 0.274 e. The second kappa shape index (κ2) is 9.45. The van der Waals surface area contributed by atoms with Crippen molar-refractivity contribution in [1.29, 1.82) is 0 Å². The first-order valence-corrected chi connectivity index (χ1v) is 11.1. The Balaban J connectivity index is 1.48. The minimum Gasteiger partial charge on any atom is -0.354 e. The molecule has 0 aliphatic carbocycles. The molecule has 0 saturated carbocycles. The summed E-state index contributed by atoms with van der Waals surface area (Å²) < 4.78 is 0. The first-order valence-electron chi connectivity index (χ1n) is 10.3. The third kappa shape index (κ3) is 5.21. The number of piperazine rings is 1. The van der Waals surface area contributed by atoms with E-state index in [9.17, 15) is 4.79 Å². The average Bonchev–Trinajstić information content (AvgIpc) is 2.77. The van der Waals surface area contributed by atoms with E-state index in [4.69, 9.17) is 4.98 Å². The summed E-state index contributed by atoms with van der Waals surface area (Å²) in [6.07, 6.45) is 5.03. The van der Waals surface area contributed by atoms with Gasteiger partial charge in [0.15, 0.2) is 0 Å². The van der Waals surface area contributed by atoms with E-state index in [0.717, 1.165) is 47.5 Å². The van der Waals surface area contributed by atoms with Crippen molar-refractivity contribution in [3.63, 3.8) is 0 Å². The fraction of sp³-hybridized carbons (Fsp3) is 0.304. The third-order valence-corrected chi connectivity index (χ3v) is 6.32. The zero-order valence-electron chi connectivity index (χ0n) is 18.0. The summed E-state index contributed by atoms with van der Waals surface area (Å²) in [7, 11) is 2.16. The lowest BCUT2D eigenvalue weighted by atomic mass is 10.2. The Kier molecular flexibility index (Phi) is 6.48. The van der Waals surface area contributed by atoms with Gasteiger partial charge in [0, 0.05) is 48.4 Å². The summed E-state index contributed by atoms with van der Waals surface area (Å²) in [5.74, 6) is 0.819. The van der Waals surface area contributed by atoms with Gasteiger partial charge >= 0.3 is 0 Å². The summed E-state index contributed by atoms with van der Waals surface area (Å²) in [6.45, 7) is 8.27. The lowest BCUT2D eigenvalue weighted by Crippen LogP contribution is -2.45. The predicted octanol–water partition coefficient (Wildman–Crippen LogP) is 3.64. The molecule has 160 valence electrons. The SMILES string of the molecule is Cc1cc(Sc2cncc(NC(=O)c3ccccn3)c2)c(C)nc1N1CCN(C)CC1. The molecule has 4 rings (SSSR count). The molecule has 0 unspecified atom stereocenters. The van der Waals surface area contributed by atoms with Gasteiger partial charge in [-0.2, -0.15) is 0 Å². The fourth-order valence-corrected chi connectivity index (χ4v) is 4.45. The van der Waals surface area contributed by atoms with Gasteiger partial charge in [0.1, 0.15) is 11.5 Å². The number of carbonyl (C=O) groups is 1. The Morgan fingerprint density at radius 3 is 2.65 bits per heavy atom. The molecule has 8 heteroatoms. The van der Waals surface area contributed by atoms with Crippen LogP contribution < -0.4 is 10.2 Å². The highest BCUT2D eigenvalue weighted by atomic mass is 32.2. The van der Waals surface area contributed by atoms with Gasteiger partial charge in [0.25, 0.3) is 5.91 Å². The van der Waals surface area contributed by atoms with Gasteiger partial charge in [-0.15, -0.1) is 0 Å². The molecule has 1 fully saturated rings. The van der Waals surface area contributed by atoms with Crippen molar-refractivity contribution in [3.05, 3.63) is 65.9 Å². The topological polar surface area (TPSA) is 74.2 Å². The summed E-state index contributed by atoms with van der Waals surface area (Å²) in [5.41, 5.74) is 3.17. The van der Waals surface area contributed by atoms with Crippen LogP contribution in [-0.4, -0.2) is 59.0 Å². The summed E-state index contributed by atoms with van der Waals surface area (Å²) in [5, 5.41) is 2.86. The molecule has 0 radical (unpaired) electrons. The van der Waals surface area contributed by atoms with Crippen LogP contribution >= 0.6 is 11.8 Å². The third-order valence-electron chi connectivity index (χ3n) is 5.23. The number of amides is 1. The number of anilines is 2. The van der Waals surface area contributed by atoms with Crippen molar-refractivity contribution in [1.82, 2.24) is 19.9 Å². The smallest absolute Gasteiger partial charge is 0.274 e. The van der Waals surface area contributed by atoms with Crippen LogP contribution in [0.2, 0.25) is 0 Å². The lowest BCUT2D eigenvalue weighted by molar-refractivity contribution is 0.102. The van der Waals surface area contributed by atoms with Crippen molar-refractivity contribution in [2.75, 3.05) is 43.4 Å². The summed E-state index contributed by atoms with van der Waals surface area (Å²) >= 11 is 1.60. The van der Waals surface area contributed by atoms with Crippen LogP contribution in [0.5, 0.6) is 0 Å². The van der Waals surface area contributed by atoms with E-state index in [2.05, 4.69) is 45.1 Å². The highest BCUT2D eigenvalue weighted by Crippen LogP contribution is 2.33. The number of hydrogen-bond acceptors (Lipinski definition) is 7. The number of nitrogens with zero attached hydrogens (tertiary/aromatic N) is 5. The number of hydrogen-bond donors (Lipinski definition) is 1. The van der Waals surface area contributed by atoms with Crippen LogP contribution in [0.15, 0.2) is 58.7 Å². The van der Waals surface area contributed by atoms with Gasteiger partial charge in [-0.1, -0.05) is 17.8 Å². The molecule has 1 N–H and O–H groups in total. The molecule has 1 aliphatic heterocycles. The molecule has 7 nitrogen and oxygen atoms in total. The Hall–Kier alpha value is -2.97. The lowest BCUT2D eigenvalue weighted by Gasteiger charge is -2.34. The maximum atomic E-state index is 12.4. The van der Waals surface area contributed by atoms with E-state index in [1.54, 1.807) is 48.6 Å². The van der Waals surface area contributed by atoms with Crippen molar-refractivity contribution in [2.24, 2.45) is 0 Å². The Morgan fingerprint density at radius 1 is 1.10 bits per heavy atom. The molecule has 1 aliphatic rings. The first kappa shape index (κ1) is 21.3. The molecule has 1 amide bonds. The van der Waals surface area contributed by atoms with Crippen molar-refractivity contribution in [3.8, 4) is 0 Å². The molecule has 4 heterocycles. The molecule has 0 atom stereocenters. The normalized spacial score (nSPS) is 14.5. The van der Waals surface area contributed by atoms with Crippen LogP contribution in [0, 0.1) is 13.8 Å². The number of rotatable bonds is 5. The maximum absolute atomic E-state index is 12.4. The zero-order chi connectivity index (χ0) is 21.8. The molecule has 1 saturated heterocycles. The minimum absolute atomic E-state index is 0.255. The summed E-state index contributed by atoms with van der Waals surface area (Å²) in [6, 6.07) is 9.36. The monoisotopic (exact) mass is 434 g/mol. The van der Waals surface area contributed by atoms with E-state index >= 15 is 0 Å². The van der Waals surface area contributed by atoms with Gasteiger partial charge in [0.05, 0.1) is 17.6 Å². The molecule has 0 aromatic carbocycles. The van der Waals surface area contributed by atoms with Crippen molar-refractivity contribution in [2.45, 2.75) is 23.6 Å². The number of nitrogens with one attached hydrogen (secondary N) is 1. The number of pyridine rings is 3. The molecular formula is C23H26N6OS. The summed E-state index contributed by atoms with van der Waals surface area (Å²) in [4.78, 5) is 32.4. The quantitative estimate of drug-likeness (QED) is 0.657. The van der Waals surface area contributed by atoms with Gasteiger partial charge < -0.3 is 15.1 Å². The Morgan fingerprint density at radius 2 is 1.90 bits per heavy atom. The van der Waals surface area contributed by atoms with Gasteiger partial charge in [-0.05, 0) is 50.7 Å². The van der Waals surface area contributed by atoms with Crippen LogP contribution in [-0.2, 0) is 0 Å². The molecule has 0 bridgehead atoms. The Bertz CT molecular complexity index is 1070. The highest BCUT2D eigenvalue weighted by molar-refractivity contribution is 7.99. The van der Waals surface area contributed by atoms with E-state index in [-0.39, 0.29) is 5.91 Å². The van der Waals surface area contributed by atoms with Gasteiger partial charge in [-0.3, -0.25) is 14.8 Å². The zero-order valence-corrected chi connectivity index (χ0v) is 18.8. The molecule has 3 aromatic rings. The van der Waals surface area contributed by atoms with Crippen LogP contribution in [0.25, 0.3) is 0 Å². The first-order chi connectivity index (χ1) is 15.0. The Labute approximate surface area is 186 Å². The molecule has 3 aromatic heterocycles. The van der Waals surface area contributed by atoms with Crippen LogP contribution in [0.4, 0.5) is 11.5 Å². The second-order valence-corrected chi connectivity index (χ2v) is 8.80. The molecule has 31 heavy (non-hydrogen) atoms. The fourth-order valence-electron chi connectivity index (χ4n) is 3.47. The van der Waals surface area contributed by atoms with Gasteiger partial charge in [-0.25, -0.2) is 4.98 Å². The van der Waals surface area contributed by atoms with E-state index in [0.29, 0.717) is 11.4 Å².